The minimum absolute atomic E-state index is 0. The van der Waals surface area contributed by atoms with Crippen molar-refractivity contribution in [2.75, 3.05) is 19.5 Å². The summed E-state index contributed by atoms with van der Waals surface area (Å²) in [6.07, 6.45) is 1.01. The van der Waals surface area contributed by atoms with Gasteiger partial charge in [-0.15, -0.1) is 15.3 Å². The van der Waals surface area contributed by atoms with Crippen molar-refractivity contribution in [3.8, 4) is 23.0 Å². The second-order valence-corrected chi connectivity index (χ2v) is 19.3. The van der Waals surface area contributed by atoms with Gasteiger partial charge in [-0.1, -0.05) is 116 Å². The maximum Gasteiger partial charge on any atom is 2.00 e. The van der Waals surface area contributed by atoms with Crippen LogP contribution in [0, 0.1) is 0 Å². The molecule has 0 aromatic heterocycles. The third kappa shape index (κ3) is 13.2. The number of phenolic OH excluding ortho intramolecular Hbond substituents is 1. The Morgan fingerprint density at radius 1 is 0.613 bits per heavy atom. The third-order valence-corrected chi connectivity index (χ3v) is 13.8. The molecule has 8 rings (SSSR count). The fourth-order valence-electron chi connectivity index (χ4n) is 7.53. The number of nitrogens with zero attached hydrogens (tertiary/aromatic N) is 5. The van der Waals surface area contributed by atoms with E-state index in [9.17, 15) is 46.1 Å². The number of nitrogens with one attached hydrogen (secondary N) is 1. The quantitative estimate of drug-likeness (QED) is 0.0260. The molecule has 0 aliphatic carbocycles. The molecule has 0 aliphatic rings. The Kier molecular flexibility index (Phi) is 19.0. The zero-order valence-electron chi connectivity index (χ0n) is 40.1. The van der Waals surface area contributed by atoms with Crippen LogP contribution in [0.1, 0.15) is 40.9 Å². The van der Waals surface area contributed by atoms with E-state index in [1.807, 2.05) is 13.8 Å². The Balaban J connectivity index is 0.000000241. The molecule has 0 radical (unpaired) electrons. The first-order valence-electron chi connectivity index (χ1n) is 22.0. The molecule has 0 bridgehead atoms. The summed E-state index contributed by atoms with van der Waals surface area (Å²) < 4.78 is 77.8. The van der Waals surface area contributed by atoms with Crippen LogP contribution >= 0.6 is 23.2 Å². The molecule has 8 aromatic carbocycles. The van der Waals surface area contributed by atoms with Crippen molar-refractivity contribution in [1.29, 1.82) is 0 Å². The van der Waals surface area contributed by atoms with E-state index in [4.69, 9.17) is 32.7 Å². The molecule has 0 heterocycles. The van der Waals surface area contributed by atoms with Crippen molar-refractivity contribution in [2.24, 2.45) is 25.4 Å². The van der Waals surface area contributed by atoms with Gasteiger partial charge in [0, 0.05) is 10.8 Å². The number of ether oxygens (including phenoxy) is 2. The minimum Gasteiger partial charge on any atom is -0.871 e. The number of hydrogen-bond donors (Lipinski definition) is 4. The van der Waals surface area contributed by atoms with Crippen molar-refractivity contribution >= 4 is 149 Å². The number of aryl methyl sites for hydroxylation is 2. The van der Waals surface area contributed by atoms with Crippen molar-refractivity contribution in [3.63, 3.8) is 0 Å². The normalized spacial score (nSPS) is 11.9. The Labute approximate surface area is 470 Å². The van der Waals surface area contributed by atoms with E-state index in [1.54, 1.807) is 97.1 Å². The molecule has 0 saturated carbocycles. The molecule has 75 heavy (non-hydrogen) atoms. The number of methoxy groups -OCH3 is 2. The van der Waals surface area contributed by atoms with E-state index >= 15 is 0 Å². The molecule has 380 valence electrons. The fraction of sp³-hybridized carbons (Fsp3) is 0.115. The molecule has 23 heteroatoms. The first kappa shape index (κ1) is 57.6. The number of azo groups is 2. The molecule has 8 aromatic rings. The van der Waals surface area contributed by atoms with Crippen LogP contribution in [-0.2, 0) is 33.1 Å². The van der Waals surface area contributed by atoms with E-state index < -0.39 is 53.3 Å². The Morgan fingerprint density at radius 3 is 1.59 bits per heavy atom. The number of amides is 1. The smallest absolute Gasteiger partial charge is 0.871 e. The molecule has 4 N–H and O–H groups in total. The van der Waals surface area contributed by atoms with Crippen LogP contribution in [0.5, 0.6) is 23.0 Å². The summed E-state index contributed by atoms with van der Waals surface area (Å²) in [5.41, 5.74) is 0.874. The van der Waals surface area contributed by atoms with Gasteiger partial charge in [-0.05, 0) is 107 Å². The van der Waals surface area contributed by atoms with Crippen molar-refractivity contribution < 1.29 is 55.5 Å². The van der Waals surface area contributed by atoms with E-state index in [0.29, 0.717) is 62.7 Å². The molecular weight excluding hydrogens is 1080 g/mol. The number of anilines is 1. The average Bonchev–Trinajstić information content (AvgIpc) is 3.37. The summed E-state index contributed by atoms with van der Waals surface area (Å²) in [4.78, 5) is 16.0. The predicted molar refractivity (Wildman–Crippen MR) is 285 cm³/mol. The molecule has 0 atom stereocenters. The number of hydrogen-bond acceptors (Lipinski definition) is 15. The number of phenols is 1. The second-order valence-electron chi connectivity index (χ2n) is 15.8. The fourth-order valence-corrected chi connectivity index (χ4v) is 9.93. The van der Waals surface area contributed by atoms with Crippen LogP contribution in [-0.4, -0.2) is 94.8 Å². The van der Waals surface area contributed by atoms with Crippen LogP contribution < -0.4 is 25.0 Å². The summed E-state index contributed by atoms with van der Waals surface area (Å²) in [5, 5.41) is 57.9. The monoisotopic (exact) mass is 1120 g/mol. The maximum absolute atomic E-state index is 13.4. The van der Waals surface area contributed by atoms with Gasteiger partial charge >= 0.3 is 37.7 Å². The molecule has 0 aliphatic heterocycles. The summed E-state index contributed by atoms with van der Waals surface area (Å²) in [6.45, 7) is 3.66. The predicted octanol–water partition coefficient (Wildman–Crippen LogP) is 11.5. The topological polar surface area (TPSA) is 284 Å². The first-order chi connectivity index (χ1) is 35.3. The zero-order chi connectivity index (χ0) is 53.5. The van der Waals surface area contributed by atoms with Gasteiger partial charge in [0.25, 0.3) is 26.1 Å². The van der Waals surface area contributed by atoms with Crippen molar-refractivity contribution in [3.05, 3.63) is 166 Å². The largest absolute Gasteiger partial charge is 2.00 e. The number of benzene rings is 8. The van der Waals surface area contributed by atoms with E-state index in [2.05, 4.69) is 30.8 Å². The summed E-state index contributed by atoms with van der Waals surface area (Å²) in [7, 11) is -6.58. The van der Waals surface area contributed by atoms with E-state index in [-0.39, 0.29) is 87.3 Å². The molecule has 0 fully saturated rings. The number of halogens is 2. The Bertz CT molecular complexity index is 3830. The van der Waals surface area contributed by atoms with Gasteiger partial charge in [0.15, 0.2) is 5.75 Å². The molecule has 18 nitrogen and oxygen atoms in total. The number of carbonyl (C=O) groups excluding carboxylic acids is 1. The number of para-hydroxylation sites is 4. The molecule has 1 amide bonds. The van der Waals surface area contributed by atoms with Crippen LogP contribution in [0.2, 0.25) is 10.0 Å². The molecule has 0 spiro atoms. The van der Waals surface area contributed by atoms with Crippen LogP contribution in [0.3, 0.4) is 0 Å². The van der Waals surface area contributed by atoms with Gasteiger partial charge in [-0.25, -0.2) is 0 Å². The number of rotatable bonds is 14. The van der Waals surface area contributed by atoms with Gasteiger partial charge in [0.05, 0.1) is 41.2 Å². The third-order valence-electron chi connectivity index (χ3n) is 11.1. The zero-order valence-corrected chi connectivity index (χ0v) is 45.5. The van der Waals surface area contributed by atoms with Crippen molar-refractivity contribution in [1.82, 2.24) is 0 Å². The van der Waals surface area contributed by atoms with Gasteiger partial charge in [0.1, 0.15) is 44.0 Å². The minimum atomic E-state index is -4.75. The molecule has 0 unspecified atom stereocenters. The van der Waals surface area contributed by atoms with Crippen molar-refractivity contribution in [2.45, 2.75) is 36.5 Å². The SMILES string of the molecule is CCc1cc(Cl)c(S(=O)(=O)O)c(N=Nc2c(O)c(C(=O)Nc3ccccc3OC)cc3ccccc23)c1.CCc1cc(Cl)c(S(=O)(=O)O)c(N=Nc2c([O-])c(C([O-])=Nc3ccccc3OC)cc3ccccc23)c1.[Ca+2]. The number of fused-ring (bicyclic) bond motifs is 2. The van der Waals surface area contributed by atoms with Gasteiger partial charge in [0.2, 0.25) is 0 Å². The molecule has 0 saturated heterocycles. The maximum atomic E-state index is 13.4. The van der Waals surface area contributed by atoms with Gasteiger partial charge in [-0.2, -0.15) is 21.9 Å². The number of carbonyl (C=O) groups is 1. The van der Waals surface area contributed by atoms with E-state index in [1.165, 1.54) is 50.6 Å². The number of aromatic hydroxyl groups is 1. The summed E-state index contributed by atoms with van der Waals surface area (Å²) in [6, 6.07) is 35.5. The Morgan fingerprint density at radius 2 is 1.07 bits per heavy atom. The van der Waals surface area contributed by atoms with E-state index in [0.717, 1.165) is 0 Å². The van der Waals surface area contributed by atoms with Crippen LogP contribution in [0.25, 0.3) is 21.5 Å². The van der Waals surface area contributed by atoms with Crippen LogP contribution in [0.4, 0.5) is 34.1 Å². The standard InChI is InChI=1S/2C26H22ClN3O6S.Ca/c2*1-3-15-12-19(27)25(37(33,34)35)21(13-15)29-30-23-17-9-5-4-8-16(17)14-18(24(23)31)26(32)28-20-10-6-7-11-22(20)36-2;/h2*4-14,31H,3H2,1-2H3,(H,28,32)(H,33,34,35);/q;;+2/p-2. The number of aliphatic imine (C=N–C) groups is 1. The average molecular weight is 1120 g/mol. The van der Waals surface area contributed by atoms with Gasteiger partial charge < -0.3 is 30.1 Å². The summed E-state index contributed by atoms with van der Waals surface area (Å²) in [5.74, 6) is -1.88. The molecular formula is C52H42CaCl2N6O12S2. The van der Waals surface area contributed by atoms with Gasteiger partial charge in [-0.3, -0.25) is 18.9 Å². The Hall–Kier alpha value is -6.72. The first-order valence-corrected chi connectivity index (χ1v) is 25.7. The van der Waals surface area contributed by atoms with Crippen LogP contribution in [0.15, 0.2) is 169 Å². The summed E-state index contributed by atoms with van der Waals surface area (Å²) >= 11 is 12.2. The second kappa shape index (κ2) is 24.7.